The Hall–Kier alpha value is -1.94. The molecule has 0 spiro atoms. The minimum absolute atomic E-state index is 0.207. The Bertz CT molecular complexity index is 673. The lowest BCUT2D eigenvalue weighted by molar-refractivity contribution is 0.619. The fourth-order valence-electron chi connectivity index (χ4n) is 1.78. The number of nitrogens with zero attached hydrogens (tertiary/aromatic N) is 1. The van der Waals surface area contributed by atoms with Gasteiger partial charge in [-0.25, -0.2) is 9.37 Å². The van der Waals surface area contributed by atoms with Crippen LogP contribution in [0.2, 0.25) is 0 Å². The van der Waals surface area contributed by atoms with Gasteiger partial charge in [0, 0.05) is 11.3 Å². The molecule has 0 unspecified atom stereocenters. The quantitative estimate of drug-likeness (QED) is 0.732. The van der Waals surface area contributed by atoms with Crippen LogP contribution in [-0.2, 0) is 0 Å². The van der Waals surface area contributed by atoms with E-state index in [-0.39, 0.29) is 5.82 Å². The molecular formula is C14H11FN2S. The first kappa shape index (κ1) is 11.2. The van der Waals surface area contributed by atoms with Gasteiger partial charge in [-0.3, -0.25) is 0 Å². The lowest BCUT2D eigenvalue weighted by Gasteiger charge is -2.06. The molecule has 18 heavy (non-hydrogen) atoms. The number of hydrogen-bond donors (Lipinski definition) is 1. The van der Waals surface area contributed by atoms with Crippen molar-refractivity contribution in [2.24, 2.45) is 0 Å². The molecule has 0 bridgehead atoms. The molecule has 0 radical (unpaired) electrons. The summed E-state index contributed by atoms with van der Waals surface area (Å²) in [5.74, 6) is -0.207. The molecular weight excluding hydrogens is 247 g/mol. The highest BCUT2D eigenvalue weighted by Gasteiger charge is 2.07. The Morgan fingerprint density at radius 2 is 1.94 bits per heavy atom. The molecule has 3 aromatic rings. The van der Waals surface area contributed by atoms with E-state index in [4.69, 9.17) is 0 Å². The van der Waals surface area contributed by atoms with Gasteiger partial charge in [0.1, 0.15) is 5.82 Å². The van der Waals surface area contributed by atoms with Crippen molar-refractivity contribution in [3.8, 4) is 0 Å². The van der Waals surface area contributed by atoms with Crippen molar-refractivity contribution in [1.82, 2.24) is 4.98 Å². The largest absolute Gasteiger partial charge is 0.331 e. The van der Waals surface area contributed by atoms with Gasteiger partial charge < -0.3 is 5.32 Å². The minimum Gasteiger partial charge on any atom is -0.331 e. The van der Waals surface area contributed by atoms with Gasteiger partial charge in [-0.15, -0.1) is 0 Å². The van der Waals surface area contributed by atoms with Crippen molar-refractivity contribution in [1.29, 1.82) is 0 Å². The van der Waals surface area contributed by atoms with Crippen LogP contribution in [0.15, 0.2) is 42.5 Å². The Morgan fingerprint density at radius 1 is 1.11 bits per heavy atom. The van der Waals surface area contributed by atoms with Crippen LogP contribution in [0.1, 0.15) is 5.56 Å². The molecule has 90 valence electrons. The van der Waals surface area contributed by atoms with E-state index >= 15 is 0 Å². The summed E-state index contributed by atoms with van der Waals surface area (Å²) in [4.78, 5) is 4.46. The van der Waals surface area contributed by atoms with E-state index in [0.717, 1.165) is 21.0 Å². The van der Waals surface area contributed by atoms with Crippen LogP contribution in [0.4, 0.5) is 15.2 Å². The van der Waals surface area contributed by atoms with E-state index < -0.39 is 0 Å². The molecule has 3 rings (SSSR count). The Labute approximate surface area is 108 Å². The number of rotatable bonds is 2. The highest BCUT2D eigenvalue weighted by Crippen LogP contribution is 2.29. The molecule has 1 heterocycles. The molecule has 4 heteroatoms. The van der Waals surface area contributed by atoms with Gasteiger partial charge in [0.2, 0.25) is 0 Å². The van der Waals surface area contributed by atoms with Crippen LogP contribution in [0.25, 0.3) is 10.2 Å². The summed E-state index contributed by atoms with van der Waals surface area (Å²) in [6, 6.07) is 12.9. The number of hydrogen-bond acceptors (Lipinski definition) is 3. The summed E-state index contributed by atoms with van der Waals surface area (Å²) in [7, 11) is 0. The number of nitrogens with one attached hydrogen (secondary N) is 1. The van der Waals surface area contributed by atoms with E-state index in [2.05, 4.69) is 10.3 Å². The Morgan fingerprint density at radius 3 is 2.78 bits per heavy atom. The monoisotopic (exact) mass is 258 g/mol. The first-order chi connectivity index (χ1) is 8.74. The van der Waals surface area contributed by atoms with E-state index in [9.17, 15) is 4.39 Å². The van der Waals surface area contributed by atoms with Crippen LogP contribution in [0.5, 0.6) is 0 Å². The van der Waals surface area contributed by atoms with E-state index in [1.807, 2.05) is 30.3 Å². The summed E-state index contributed by atoms with van der Waals surface area (Å²) in [6.07, 6.45) is 0. The standard InChI is InChI=1S/C14H11FN2S/c1-9-10(15)5-4-7-11(9)16-14-17-12-6-2-3-8-13(12)18-14/h2-8H,1H3,(H,16,17). The number of fused-ring (bicyclic) bond motifs is 1. The van der Waals surface area contributed by atoms with Crippen LogP contribution in [0, 0.1) is 12.7 Å². The first-order valence-electron chi connectivity index (χ1n) is 5.62. The molecule has 0 aliphatic heterocycles. The van der Waals surface area contributed by atoms with Crippen molar-refractivity contribution in [2.75, 3.05) is 5.32 Å². The lowest BCUT2D eigenvalue weighted by Crippen LogP contribution is -1.94. The summed E-state index contributed by atoms with van der Waals surface area (Å²) in [6.45, 7) is 1.75. The van der Waals surface area contributed by atoms with Crippen molar-refractivity contribution < 1.29 is 4.39 Å². The normalized spacial score (nSPS) is 10.8. The van der Waals surface area contributed by atoms with Gasteiger partial charge in [-0.2, -0.15) is 0 Å². The van der Waals surface area contributed by atoms with Gasteiger partial charge in [0.25, 0.3) is 0 Å². The van der Waals surface area contributed by atoms with Crippen LogP contribution in [-0.4, -0.2) is 4.98 Å². The zero-order valence-corrected chi connectivity index (χ0v) is 10.6. The van der Waals surface area contributed by atoms with Gasteiger partial charge in [0.15, 0.2) is 5.13 Å². The predicted molar refractivity (Wildman–Crippen MR) is 74.0 cm³/mol. The highest BCUT2D eigenvalue weighted by molar-refractivity contribution is 7.22. The maximum Gasteiger partial charge on any atom is 0.188 e. The van der Waals surface area contributed by atoms with Gasteiger partial charge in [-0.05, 0) is 31.2 Å². The number of para-hydroxylation sites is 1. The second-order valence-corrected chi connectivity index (χ2v) is 5.05. The molecule has 1 N–H and O–H groups in total. The number of anilines is 2. The van der Waals surface area contributed by atoms with Crippen LogP contribution in [0.3, 0.4) is 0 Å². The first-order valence-corrected chi connectivity index (χ1v) is 6.43. The molecule has 0 aliphatic rings. The van der Waals surface area contributed by atoms with Gasteiger partial charge in [-0.1, -0.05) is 29.5 Å². The number of benzene rings is 2. The van der Waals surface area contributed by atoms with Gasteiger partial charge >= 0.3 is 0 Å². The molecule has 0 saturated carbocycles. The van der Waals surface area contributed by atoms with Crippen molar-refractivity contribution in [3.63, 3.8) is 0 Å². The van der Waals surface area contributed by atoms with E-state index in [1.165, 1.54) is 6.07 Å². The zero-order valence-electron chi connectivity index (χ0n) is 9.77. The SMILES string of the molecule is Cc1c(F)cccc1Nc1nc2ccccc2s1. The van der Waals surface area contributed by atoms with Gasteiger partial charge in [0.05, 0.1) is 10.2 Å². The third-order valence-corrected chi connectivity index (χ3v) is 3.76. The Kier molecular flexibility index (Phi) is 2.72. The molecule has 2 aromatic carbocycles. The second-order valence-electron chi connectivity index (χ2n) is 4.02. The van der Waals surface area contributed by atoms with E-state index in [1.54, 1.807) is 24.3 Å². The third-order valence-electron chi connectivity index (χ3n) is 2.80. The Balaban J connectivity index is 1.99. The number of aromatic nitrogens is 1. The number of halogens is 1. The predicted octanol–water partition coefficient (Wildman–Crippen LogP) is 4.49. The summed E-state index contributed by atoms with van der Waals surface area (Å²) < 4.78 is 14.5. The third kappa shape index (κ3) is 1.95. The molecule has 0 atom stereocenters. The maximum atomic E-state index is 13.4. The van der Waals surface area contributed by atoms with Crippen molar-refractivity contribution in [3.05, 3.63) is 53.8 Å². The molecule has 0 saturated heterocycles. The molecule has 2 nitrogen and oxygen atoms in total. The zero-order chi connectivity index (χ0) is 12.5. The lowest BCUT2D eigenvalue weighted by atomic mass is 10.2. The van der Waals surface area contributed by atoms with Crippen LogP contribution >= 0.6 is 11.3 Å². The average molecular weight is 258 g/mol. The molecule has 0 aliphatic carbocycles. The fraction of sp³-hybridized carbons (Fsp3) is 0.0714. The maximum absolute atomic E-state index is 13.4. The fourth-order valence-corrected chi connectivity index (χ4v) is 2.66. The minimum atomic E-state index is -0.207. The summed E-state index contributed by atoms with van der Waals surface area (Å²) in [5.41, 5.74) is 2.32. The smallest absolute Gasteiger partial charge is 0.188 e. The average Bonchev–Trinajstić information content (AvgIpc) is 2.77. The van der Waals surface area contributed by atoms with Crippen molar-refractivity contribution in [2.45, 2.75) is 6.92 Å². The second kappa shape index (κ2) is 4.38. The molecule has 0 fully saturated rings. The summed E-state index contributed by atoms with van der Waals surface area (Å²) in [5, 5.41) is 3.95. The van der Waals surface area contributed by atoms with E-state index in [0.29, 0.717) is 5.56 Å². The van der Waals surface area contributed by atoms with Crippen LogP contribution < -0.4 is 5.32 Å². The molecule has 1 aromatic heterocycles. The molecule has 0 amide bonds. The summed E-state index contributed by atoms with van der Waals surface area (Å²) >= 11 is 1.56. The highest BCUT2D eigenvalue weighted by atomic mass is 32.1. The number of thiazole rings is 1. The van der Waals surface area contributed by atoms with Crippen molar-refractivity contribution >= 4 is 32.4 Å². The topological polar surface area (TPSA) is 24.9 Å².